The Morgan fingerprint density at radius 3 is 2.27 bits per heavy atom. The van der Waals surface area contributed by atoms with E-state index >= 15 is 0 Å². The predicted molar refractivity (Wildman–Crippen MR) is 78.6 cm³/mol. The number of aromatic nitrogens is 4. The summed E-state index contributed by atoms with van der Waals surface area (Å²) in [4.78, 5) is 11.3. The predicted octanol–water partition coefficient (Wildman–Crippen LogP) is 4.28. The minimum absolute atomic E-state index is 0.117. The van der Waals surface area contributed by atoms with Gasteiger partial charge in [-0.2, -0.15) is 13.2 Å². The van der Waals surface area contributed by atoms with Gasteiger partial charge in [-0.05, 0) is 13.3 Å². The first-order chi connectivity index (χ1) is 10.3. The number of rotatable bonds is 3. The molecule has 0 unspecified atom stereocenters. The Bertz CT molecular complexity index is 606. The van der Waals surface area contributed by atoms with E-state index in [9.17, 15) is 13.2 Å². The molecule has 2 aromatic rings. The van der Waals surface area contributed by atoms with Crippen LogP contribution in [0.2, 0.25) is 5.02 Å². The van der Waals surface area contributed by atoms with Gasteiger partial charge in [0.2, 0.25) is 0 Å². The number of hydrogen-bond donors (Lipinski definition) is 0. The number of allylic oxidation sites excluding steroid dienone is 1. The van der Waals surface area contributed by atoms with E-state index in [0.29, 0.717) is 10.8 Å². The molecule has 0 bridgehead atoms. The van der Waals surface area contributed by atoms with Gasteiger partial charge in [-0.1, -0.05) is 24.6 Å². The van der Waals surface area contributed by atoms with Crippen molar-refractivity contribution in [1.82, 2.24) is 19.5 Å². The second-order valence-electron chi connectivity index (χ2n) is 4.31. The van der Waals surface area contributed by atoms with E-state index < -0.39 is 11.9 Å². The van der Waals surface area contributed by atoms with Gasteiger partial charge in [-0.15, -0.1) is 6.58 Å². The smallest absolute Gasteiger partial charge is 0.327 e. The van der Waals surface area contributed by atoms with Crippen molar-refractivity contribution in [2.45, 2.75) is 33.0 Å². The zero-order chi connectivity index (χ0) is 16.8. The maximum Gasteiger partial charge on any atom is 0.434 e. The summed E-state index contributed by atoms with van der Waals surface area (Å²) < 4.78 is 38.7. The van der Waals surface area contributed by atoms with Gasteiger partial charge in [0.25, 0.3) is 0 Å². The summed E-state index contributed by atoms with van der Waals surface area (Å²) in [6.45, 7) is 7.15. The molecule has 0 N–H and O–H groups in total. The van der Waals surface area contributed by atoms with Crippen molar-refractivity contribution in [1.29, 1.82) is 0 Å². The molecule has 2 rings (SSSR count). The van der Waals surface area contributed by atoms with Crippen LogP contribution in [0.4, 0.5) is 13.2 Å². The average molecular weight is 333 g/mol. The Labute approximate surface area is 131 Å². The molecule has 0 atom stereocenters. The number of halogens is 4. The Kier molecular flexibility index (Phi) is 6.55. The Balaban J connectivity index is 0.000000541. The van der Waals surface area contributed by atoms with E-state index in [1.54, 1.807) is 0 Å². The summed E-state index contributed by atoms with van der Waals surface area (Å²) in [6.07, 6.45) is 2.23. The number of hydrogen-bond acceptors (Lipinski definition) is 3. The van der Waals surface area contributed by atoms with E-state index in [2.05, 4.69) is 28.5 Å². The van der Waals surface area contributed by atoms with Crippen LogP contribution in [0.1, 0.15) is 30.7 Å². The maximum absolute atomic E-state index is 12.4. The first-order valence-electron chi connectivity index (χ1n) is 6.46. The van der Waals surface area contributed by atoms with E-state index in [0.717, 1.165) is 12.6 Å². The fourth-order valence-corrected chi connectivity index (χ4v) is 1.48. The molecule has 2 heterocycles. The number of alkyl halides is 3. The first-order valence-corrected chi connectivity index (χ1v) is 6.84. The van der Waals surface area contributed by atoms with E-state index in [1.807, 2.05) is 6.08 Å². The van der Waals surface area contributed by atoms with Gasteiger partial charge in [0.1, 0.15) is 11.6 Å². The van der Waals surface area contributed by atoms with Crippen LogP contribution in [-0.2, 0) is 12.7 Å². The fraction of sp³-hybridized carbons (Fsp3) is 0.357. The second kappa shape index (κ2) is 7.93. The molecule has 0 spiro atoms. The Hall–Kier alpha value is -1.89. The van der Waals surface area contributed by atoms with Crippen LogP contribution in [0.25, 0.3) is 0 Å². The number of imidazole rings is 1. The monoisotopic (exact) mass is 332 g/mol. The van der Waals surface area contributed by atoms with Crippen molar-refractivity contribution in [3.8, 4) is 0 Å². The molecule has 120 valence electrons. The van der Waals surface area contributed by atoms with Crippen molar-refractivity contribution in [2.24, 2.45) is 0 Å². The van der Waals surface area contributed by atoms with Gasteiger partial charge in [-0.25, -0.2) is 15.0 Å². The SMILES string of the molecule is C=CCC.Cc1nc(C(F)(F)F)cn1Cc1ncc(Cl)cn1. The van der Waals surface area contributed by atoms with Gasteiger partial charge in [-0.3, -0.25) is 0 Å². The van der Waals surface area contributed by atoms with Gasteiger partial charge in [0.05, 0.1) is 11.6 Å². The van der Waals surface area contributed by atoms with Gasteiger partial charge < -0.3 is 4.57 Å². The highest BCUT2D eigenvalue weighted by atomic mass is 35.5. The van der Waals surface area contributed by atoms with Crippen LogP contribution >= 0.6 is 11.6 Å². The molecule has 0 radical (unpaired) electrons. The summed E-state index contributed by atoms with van der Waals surface area (Å²) >= 11 is 5.62. The third kappa shape index (κ3) is 5.48. The Morgan fingerprint density at radius 1 is 1.32 bits per heavy atom. The lowest BCUT2D eigenvalue weighted by atomic mass is 10.4. The molecule has 0 aromatic carbocycles. The summed E-state index contributed by atoms with van der Waals surface area (Å²) in [5.74, 6) is 0.620. The standard InChI is InChI=1S/C10H8ClF3N4.C4H8/c1-6-17-8(10(12,13)14)4-18(6)5-9-15-2-7(11)3-16-9;1-3-4-2/h2-4H,5H2,1H3;3H,1,4H2,2H3. The minimum atomic E-state index is -4.45. The zero-order valence-corrected chi connectivity index (χ0v) is 13.0. The summed E-state index contributed by atoms with van der Waals surface area (Å²) in [6, 6.07) is 0. The fourth-order valence-electron chi connectivity index (χ4n) is 1.38. The molecular formula is C14H16ClF3N4. The molecule has 22 heavy (non-hydrogen) atoms. The van der Waals surface area contributed by atoms with Crippen molar-refractivity contribution in [2.75, 3.05) is 0 Å². The lowest BCUT2D eigenvalue weighted by Gasteiger charge is -2.03. The summed E-state index contributed by atoms with van der Waals surface area (Å²) in [7, 11) is 0. The van der Waals surface area contributed by atoms with Crippen LogP contribution in [0, 0.1) is 6.92 Å². The van der Waals surface area contributed by atoms with E-state index in [4.69, 9.17) is 11.6 Å². The van der Waals surface area contributed by atoms with Crippen molar-refractivity contribution in [3.63, 3.8) is 0 Å². The number of aryl methyl sites for hydroxylation is 1. The third-order valence-corrected chi connectivity index (χ3v) is 2.74. The number of nitrogens with zero attached hydrogens (tertiary/aromatic N) is 4. The second-order valence-corrected chi connectivity index (χ2v) is 4.75. The molecule has 4 nitrogen and oxygen atoms in total. The topological polar surface area (TPSA) is 43.6 Å². The lowest BCUT2D eigenvalue weighted by Crippen LogP contribution is -2.06. The highest BCUT2D eigenvalue weighted by molar-refractivity contribution is 6.30. The molecule has 0 amide bonds. The van der Waals surface area contributed by atoms with Gasteiger partial charge in [0, 0.05) is 18.6 Å². The van der Waals surface area contributed by atoms with Crippen molar-refractivity contribution >= 4 is 11.6 Å². The highest BCUT2D eigenvalue weighted by Gasteiger charge is 2.34. The molecule has 0 aliphatic rings. The van der Waals surface area contributed by atoms with Gasteiger partial charge in [0.15, 0.2) is 5.69 Å². The molecule has 0 aliphatic heterocycles. The third-order valence-electron chi connectivity index (χ3n) is 2.54. The summed E-state index contributed by atoms with van der Waals surface area (Å²) in [5, 5.41) is 0.372. The molecule has 0 saturated heterocycles. The van der Waals surface area contributed by atoms with Crippen molar-refractivity contribution in [3.05, 3.63) is 53.6 Å². The minimum Gasteiger partial charge on any atom is -0.327 e. The normalized spacial score (nSPS) is 10.8. The molecule has 0 saturated carbocycles. The molecule has 0 fully saturated rings. The van der Waals surface area contributed by atoms with Crippen LogP contribution in [0.3, 0.4) is 0 Å². The first kappa shape index (κ1) is 18.2. The van der Waals surface area contributed by atoms with Crippen LogP contribution in [0.15, 0.2) is 31.2 Å². The van der Waals surface area contributed by atoms with E-state index in [1.165, 1.54) is 23.9 Å². The quantitative estimate of drug-likeness (QED) is 0.788. The van der Waals surface area contributed by atoms with Crippen LogP contribution in [-0.4, -0.2) is 19.5 Å². The largest absolute Gasteiger partial charge is 0.434 e. The maximum atomic E-state index is 12.4. The van der Waals surface area contributed by atoms with Crippen LogP contribution < -0.4 is 0 Å². The van der Waals surface area contributed by atoms with E-state index in [-0.39, 0.29) is 12.4 Å². The summed E-state index contributed by atoms with van der Waals surface area (Å²) in [5.41, 5.74) is -0.922. The zero-order valence-electron chi connectivity index (χ0n) is 12.2. The lowest BCUT2D eigenvalue weighted by molar-refractivity contribution is -0.141. The molecule has 2 aromatic heterocycles. The molecule has 8 heteroatoms. The van der Waals surface area contributed by atoms with Crippen molar-refractivity contribution < 1.29 is 13.2 Å². The highest BCUT2D eigenvalue weighted by Crippen LogP contribution is 2.28. The Morgan fingerprint density at radius 2 is 1.86 bits per heavy atom. The van der Waals surface area contributed by atoms with Crippen LogP contribution in [0.5, 0.6) is 0 Å². The molecule has 0 aliphatic carbocycles. The molecular weight excluding hydrogens is 317 g/mol. The average Bonchev–Trinajstić information content (AvgIpc) is 2.83. The van der Waals surface area contributed by atoms with Gasteiger partial charge >= 0.3 is 6.18 Å².